The van der Waals surface area contributed by atoms with Crippen molar-refractivity contribution in [2.24, 2.45) is 0 Å². The molecule has 3 N–H and O–H groups in total. The first-order valence-corrected chi connectivity index (χ1v) is 12.0. The smallest absolute Gasteiger partial charge is 0.276 e. The van der Waals surface area contributed by atoms with Crippen LogP contribution in [0.1, 0.15) is 54.1 Å². The van der Waals surface area contributed by atoms with Crippen LogP contribution < -0.4 is 25.6 Å². The number of carbonyl (C=O) groups is 2. The van der Waals surface area contributed by atoms with Crippen molar-refractivity contribution >= 4 is 45.1 Å². The topological polar surface area (TPSA) is 88.7 Å². The van der Waals surface area contributed by atoms with Crippen LogP contribution >= 0.6 is 28.1 Å². The van der Waals surface area contributed by atoms with E-state index in [2.05, 4.69) is 39.0 Å². The van der Waals surface area contributed by atoms with Crippen molar-refractivity contribution < 1.29 is 19.1 Å². The molecule has 0 fully saturated rings. The van der Waals surface area contributed by atoms with Gasteiger partial charge in [-0.15, -0.1) is 0 Å². The fourth-order valence-electron chi connectivity index (χ4n) is 3.05. The second-order valence-electron chi connectivity index (χ2n) is 7.62. The summed E-state index contributed by atoms with van der Waals surface area (Å²) in [6.07, 6.45) is 4.29. The van der Waals surface area contributed by atoms with E-state index in [1.807, 2.05) is 38.1 Å². The molecule has 0 heterocycles. The van der Waals surface area contributed by atoms with E-state index >= 15 is 0 Å². The van der Waals surface area contributed by atoms with Crippen molar-refractivity contribution in [1.82, 2.24) is 16.2 Å². The number of hydrogen-bond acceptors (Lipinski definition) is 5. The molecule has 0 spiro atoms. The Morgan fingerprint density at radius 3 is 2.39 bits per heavy atom. The normalized spacial score (nSPS) is 10.3. The molecule has 9 heteroatoms. The molecule has 2 aromatic carbocycles. The highest BCUT2D eigenvalue weighted by Gasteiger charge is 2.15. The van der Waals surface area contributed by atoms with Crippen LogP contribution in [-0.4, -0.2) is 30.1 Å². The van der Waals surface area contributed by atoms with E-state index in [0.717, 1.165) is 41.3 Å². The summed E-state index contributed by atoms with van der Waals surface area (Å²) < 4.78 is 12.0. The van der Waals surface area contributed by atoms with Crippen LogP contribution in [0.3, 0.4) is 0 Å². The molecule has 178 valence electrons. The Kier molecular flexibility index (Phi) is 11.1. The lowest BCUT2D eigenvalue weighted by Crippen LogP contribution is -2.49. The highest BCUT2D eigenvalue weighted by molar-refractivity contribution is 9.10. The van der Waals surface area contributed by atoms with Crippen molar-refractivity contribution in [2.75, 3.05) is 13.2 Å². The molecule has 0 saturated carbocycles. The molecule has 0 atom stereocenters. The third-order valence-corrected chi connectivity index (χ3v) is 5.25. The van der Waals surface area contributed by atoms with Gasteiger partial charge in [0.15, 0.2) is 11.7 Å². The fraction of sp³-hybridized carbons (Fsp3) is 0.375. The van der Waals surface area contributed by atoms with Gasteiger partial charge in [0.25, 0.3) is 11.8 Å². The van der Waals surface area contributed by atoms with Gasteiger partial charge >= 0.3 is 0 Å². The highest BCUT2D eigenvalue weighted by Crippen LogP contribution is 2.23. The maximum atomic E-state index is 12.7. The van der Waals surface area contributed by atoms with Crippen molar-refractivity contribution in [3.8, 4) is 11.5 Å². The molecule has 0 unspecified atom stereocenters. The lowest BCUT2D eigenvalue weighted by molar-refractivity contribution is -0.123. The van der Waals surface area contributed by atoms with Gasteiger partial charge in [-0.3, -0.25) is 25.8 Å². The first kappa shape index (κ1) is 26.6. The fourth-order valence-corrected chi connectivity index (χ4v) is 3.55. The molecule has 0 aliphatic rings. The highest BCUT2D eigenvalue weighted by atomic mass is 79.9. The molecule has 2 rings (SSSR count). The van der Waals surface area contributed by atoms with Crippen molar-refractivity contribution in [1.29, 1.82) is 0 Å². The molecular formula is C24H30BrN3O4S. The molecule has 2 aromatic rings. The first-order valence-electron chi connectivity index (χ1n) is 10.8. The molecule has 7 nitrogen and oxygen atoms in total. The Labute approximate surface area is 208 Å². The molecule has 0 aromatic heterocycles. The Morgan fingerprint density at radius 1 is 0.970 bits per heavy atom. The average Bonchev–Trinajstić information content (AvgIpc) is 2.76. The van der Waals surface area contributed by atoms with Crippen LogP contribution in [0.5, 0.6) is 11.5 Å². The average molecular weight is 536 g/mol. The number of amides is 2. The molecular weight excluding hydrogens is 506 g/mol. The van der Waals surface area contributed by atoms with Crippen LogP contribution in [0.4, 0.5) is 0 Å². The second kappa shape index (κ2) is 13.8. The van der Waals surface area contributed by atoms with E-state index in [4.69, 9.17) is 21.7 Å². The Bertz CT molecular complexity index is 964. The van der Waals surface area contributed by atoms with E-state index in [9.17, 15) is 9.59 Å². The zero-order chi connectivity index (χ0) is 24.2. The number of benzene rings is 2. The minimum Gasteiger partial charge on any atom is -0.493 e. The van der Waals surface area contributed by atoms with Gasteiger partial charge in [-0.05, 0) is 73.9 Å². The number of rotatable bonds is 10. The third kappa shape index (κ3) is 9.79. The predicted octanol–water partition coefficient (Wildman–Crippen LogP) is 4.74. The maximum absolute atomic E-state index is 12.7. The molecule has 0 radical (unpaired) electrons. The summed E-state index contributed by atoms with van der Waals surface area (Å²) in [6.45, 7) is 6.39. The zero-order valence-electron chi connectivity index (χ0n) is 19.1. The van der Waals surface area contributed by atoms with Gasteiger partial charge in [0.2, 0.25) is 0 Å². The van der Waals surface area contributed by atoms with E-state index in [1.54, 1.807) is 12.1 Å². The van der Waals surface area contributed by atoms with E-state index in [0.29, 0.717) is 23.7 Å². The summed E-state index contributed by atoms with van der Waals surface area (Å²) in [5.74, 6) is 0.193. The number of nitrogens with one attached hydrogen (secondary N) is 3. The minimum absolute atomic E-state index is 0.0476. The van der Waals surface area contributed by atoms with Gasteiger partial charge in [-0.2, -0.15) is 0 Å². The lowest BCUT2D eigenvalue weighted by atomic mass is 10.1. The number of thiocarbonyl (C=S) groups is 1. The van der Waals surface area contributed by atoms with Gasteiger partial charge in [-0.1, -0.05) is 48.2 Å². The van der Waals surface area contributed by atoms with Crippen molar-refractivity contribution in [2.45, 2.75) is 46.5 Å². The molecule has 33 heavy (non-hydrogen) atoms. The lowest BCUT2D eigenvalue weighted by Gasteiger charge is -2.14. The van der Waals surface area contributed by atoms with Crippen LogP contribution in [0.25, 0.3) is 0 Å². The van der Waals surface area contributed by atoms with Crippen LogP contribution in [0.2, 0.25) is 0 Å². The second-order valence-corrected chi connectivity index (χ2v) is 8.94. The standard InChI is InChI=1S/C24H30BrN3O4S/c1-4-5-6-7-10-31-21-9-8-18(25)14-20(21)23(30)26-24(33)28-27-22(29)15-32-19-12-16(2)11-17(3)13-19/h8-9,11-14H,4-7,10,15H2,1-3H3,(H,27,29)(H2,26,28,30,33). The number of hydrazine groups is 1. The van der Waals surface area contributed by atoms with E-state index in [1.165, 1.54) is 0 Å². The number of carbonyl (C=O) groups excluding carboxylic acids is 2. The molecule has 0 saturated heterocycles. The quantitative estimate of drug-likeness (QED) is 0.231. The number of hydrogen-bond donors (Lipinski definition) is 3. The molecule has 2 amide bonds. The van der Waals surface area contributed by atoms with Crippen LogP contribution in [-0.2, 0) is 4.79 Å². The summed E-state index contributed by atoms with van der Waals surface area (Å²) in [5, 5.41) is 2.50. The number of halogens is 1. The Morgan fingerprint density at radius 2 is 1.70 bits per heavy atom. The van der Waals surface area contributed by atoms with Gasteiger partial charge in [0.05, 0.1) is 12.2 Å². The summed E-state index contributed by atoms with van der Waals surface area (Å²) in [6, 6.07) is 10.9. The van der Waals surface area contributed by atoms with Crippen LogP contribution in [0.15, 0.2) is 40.9 Å². The van der Waals surface area contributed by atoms with Gasteiger partial charge in [-0.25, -0.2) is 0 Å². The monoisotopic (exact) mass is 535 g/mol. The third-order valence-electron chi connectivity index (χ3n) is 4.55. The van der Waals surface area contributed by atoms with Crippen LogP contribution in [0, 0.1) is 13.8 Å². The minimum atomic E-state index is -0.446. The molecule has 0 aliphatic carbocycles. The summed E-state index contributed by atoms with van der Waals surface area (Å²) in [4.78, 5) is 24.7. The number of aryl methyl sites for hydroxylation is 2. The summed E-state index contributed by atoms with van der Waals surface area (Å²) in [7, 11) is 0. The Hall–Kier alpha value is -2.65. The van der Waals surface area contributed by atoms with Crippen molar-refractivity contribution in [3.63, 3.8) is 0 Å². The molecule has 0 aliphatic heterocycles. The largest absolute Gasteiger partial charge is 0.493 e. The number of unbranched alkanes of at least 4 members (excludes halogenated alkanes) is 3. The van der Waals surface area contributed by atoms with Gasteiger partial charge < -0.3 is 9.47 Å². The number of ether oxygens (including phenoxy) is 2. The Balaban J connectivity index is 1.82. The summed E-state index contributed by atoms with van der Waals surface area (Å²) in [5.41, 5.74) is 7.35. The van der Waals surface area contributed by atoms with E-state index in [-0.39, 0.29) is 11.7 Å². The zero-order valence-corrected chi connectivity index (χ0v) is 21.5. The van der Waals surface area contributed by atoms with Crippen molar-refractivity contribution in [3.05, 3.63) is 57.6 Å². The van der Waals surface area contributed by atoms with E-state index < -0.39 is 11.8 Å². The molecule has 0 bridgehead atoms. The first-order chi connectivity index (χ1) is 15.8. The van der Waals surface area contributed by atoms with Gasteiger partial charge in [0.1, 0.15) is 11.5 Å². The maximum Gasteiger partial charge on any atom is 0.276 e. The SMILES string of the molecule is CCCCCCOc1ccc(Br)cc1C(=O)NC(=S)NNC(=O)COc1cc(C)cc(C)c1. The predicted molar refractivity (Wildman–Crippen MR) is 137 cm³/mol. The summed E-state index contributed by atoms with van der Waals surface area (Å²) >= 11 is 8.49. The van der Waals surface area contributed by atoms with Gasteiger partial charge in [0, 0.05) is 4.47 Å².